The minimum absolute atomic E-state index is 0.0491. The van der Waals surface area contributed by atoms with Crippen LogP contribution in [0.1, 0.15) is 60.9 Å². The Balaban J connectivity index is 1.70. The summed E-state index contributed by atoms with van der Waals surface area (Å²) in [5.74, 6) is 1.87. The van der Waals surface area contributed by atoms with Crippen LogP contribution in [0.4, 0.5) is 0 Å². The number of rotatable bonds is 16. The van der Waals surface area contributed by atoms with Crippen LogP contribution < -0.4 is 24.3 Å². The molecule has 1 saturated carbocycles. The molecular weight excluding hydrogens is 719 g/mol. The summed E-state index contributed by atoms with van der Waals surface area (Å²) in [4.78, 5) is 40.5. The van der Waals surface area contributed by atoms with Crippen LogP contribution in [0, 0.1) is 9.49 Å². The molecule has 0 heterocycles. The highest BCUT2D eigenvalue weighted by Crippen LogP contribution is 2.37. The maximum atomic E-state index is 14.1. The van der Waals surface area contributed by atoms with E-state index in [4.69, 9.17) is 18.9 Å². The lowest BCUT2D eigenvalue weighted by Crippen LogP contribution is -2.55. The van der Waals surface area contributed by atoms with Gasteiger partial charge < -0.3 is 39.4 Å². The molecule has 0 aliphatic heterocycles. The van der Waals surface area contributed by atoms with Crippen molar-refractivity contribution in [1.82, 2.24) is 10.2 Å². The molecule has 3 N–H and O–H groups in total. The van der Waals surface area contributed by atoms with Crippen molar-refractivity contribution in [2.24, 2.45) is 5.92 Å². The van der Waals surface area contributed by atoms with E-state index in [1.165, 1.54) is 26.0 Å². The molecule has 2 aromatic carbocycles. The standard InChI is InChI=1S/C35H45IN2O9/c1-44-26-9-10-29(45-2)24(18-26)12-14-38(32(41)11-8-22-6-4-5-7-22)28-19-25(35(43)37-13-15-39)20-30(33(28)42)47-34-27(36)16-23(21-40)17-31(34)46-3/h9-10,16-18,20-22,28,30,33,39,42H,4-8,11-15,19H2,1-3H3,(H,37,43)/t28-,30+,33+/m1/s1. The third-order valence-corrected chi connectivity index (χ3v) is 9.73. The average molecular weight is 765 g/mol. The van der Waals surface area contributed by atoms with Crippen molar-refractivity contribution in [2.45, 2.75) is 69.6 Å². The Morgan fingerprint density at radius 1 is 1.06 bits per heavy atom. The molecule has 0 unspecified atom stereocenters. The van der Waals surface area contributed by atoms with Crippen LogP contribution in [0.25, 0.3) is 0 Å². The first kappa shape index (κ1) is 36.5. The van der Waals surface area contributed by atoms with Gasteiger partial charge in [-0.3, -0.25) is 14.4 Å². The molecule has 3 atom stereocenters. The third kappa shape index (κ3) is 9.38. The lowest BCUT2D eigenvalue weighted by Gasteiger charge is -2.41. The minimum Gasteiger partial charge on any atom is -0.497 e. The molecule has 1 fully saturated rings. The molecule has 4 rings (SSSR count). The summed E-state index contributed by atoms with van der Waals surface area (Å²) in [6.07, 6.45) is 6.16. The van der Waals surface area contributed by atoms with Crippen LogP contribution in [0.5, 0.6) is 23.0 Å². The third-order valence-electron chi connectivity index (χ3n) is 8.93. The van der Waals surface area contributed by atoms with Crippen LogP contribution in [0.2, 0.25) is 0 Å². The number of carbonyl (C=O) groups excluding carboxylic acids is 3. The van der Waals surface area contributed by atoms with Crippen molar-refractivity contribution in [3.8, 4) is 23.0 Å². The lowest BCUT2D eigenvalue weighted by atomic mass is 9.87. The number of hydrogen-bond donors (Lipinski definition) is 3. The van der Waals surface area contributed by atoms with E-state index in [9.17, 15) is 24.6 Å². The maximum Gasteiger partial charge on any atom is 0.247 e. The number of nitrogens with one attached hydrogen (secondary N) is 1. The van der Waals surface area contributed by atoms with Gasteiger partial charge in [0.05, 0.1) is 37.5 Å². The van der Waals surface area contributed by atoms with Gasteiger partial charge in [-0.25, -0.2) is 0 Å². The summed E-state index contributed by atoms with van der Waals surface area (Å²) in [5.41, 5.74) is 1.56. The number of hydrogen-bond acceptors (Lipinski definition) is 9. The second-order valence-corrected chi connectivity index (χ2v) is 13.0. The van der Waals surface area contributed by atoms with E-state index in [-0.39, 0.29) is 32.0 Å². The monoisotopic (exact) mass is 764 g/mol. The van der Waals surface area contributed by atoms with Crippen molar-refractivity contribution < 1.29 is 43.5 Å². The Morgan fingerprint density at radius 2 is 1.81 bits per heavy atom. The molecule has 0 radical (unpaired) electrons. The highest BCUT2D eigenvalue weighted by atomic mass is 127. The van der Waals surface area contributed by atoms with Gasteiger partial charge in [0.15, 0.2) is 11.5 Å². The molecule has 11 nitrogen and oxygen atoms in total. The van der Waals surface area contributed by atoms with Crippen molar-refractivity contribution in [2.75, 3.05) is 41.0 Å². The molecule has 0 aromatic heterocycles. The Bertz CT molecular complexity index is 1430. The number of aliphatic hydroxyl groups excluding tert-OH is 2. The number of nitrogens with zero attached hydrogens (tertiary/aromatic N) is 1. The molecule has 12 heteroatoms. The fourth-order valence-corrected chi connectivity index (χ4v) is 7.15. The number of benzene rings is 2. The lowest BCUT2D eigenvalue weighted by molar-refractivity contribution is -0.138. The topological polar surface area (TPSA) is 144 Å². The first-order valence-corrected chi connectivity index (χ1v) is 17.1. The molecule has 0 saturated heterocycles. The average Bonchev–Trinajstić information content (AvgIpc) is 3.62. The molecule has 47 heavy (non-hydrogen) atoms. The number of aldehydes is 1. The van der Waals surface area contributed by atoms with Crippen LogP contribution in [0.15, 0.2) is 42.0 Å². The van der Waals surface area contributed by atoms with Crippen molar-refractivity contribution in [3.05, 3.63) is 56.7 Å². The summed E-state index contributed by atoms with van der Waals surface area (Å²) < 4.78 is 23.5. The fourth-order valence-electron chi connectivity index (χ4n) is 6.40. The van der Waals surface area contributed by atoms with Crippen LogP contribution in [-0.2, 0) is 16.0 Å². The zero-order chi connectivity index (χ0) is 33.9. The van der Waals surface area contributed by atoms with Gasteiger partial charge in [0, 0.05) is 37.1 Å². The van der Waals surface area contributed by atoms with Crippen molar-refractivity contribution >= 4 is 40.7 Å². The van der Waals surface area contributed by atoms with E-state index in [1.807, 2.05) is 34.7 Å². The highest BCUT2D eigenvalue weighted by molar-refractivity contribution is 14.1. The molecule has 2 amide bonds. The summed E-state index contributed by atoms with van der Waals surface area (Å²) in [5, 5.41) is 24.0. The highest BCUT2D eigenvalue weighted by Gasteiger charge is 2.41. The molecule has 256 valence electrons. The van der Waals surface area contributed by atoms with Gasteiger partial charge in [0.25, 0.3) is 0 Å². The predicted octanol–water partition coefficient (Wildman–Crippen LogP) is 4.09. The second kappa shape index (κ2) is 17.7. The van der Waals surface area contributed by atoms with Crippen LogP contribution in [0.3, 0.4) is 0 Å². The van der Waals surface area contributed by atoms with Gasteiger partial charge in [-0.15, -0.1) is 0 Å². The Morgan fingerprint density at radius 3 is 2.47 bits per heavy atom. The zero-order valence-corrected chi connectivity index (χ0v) is 29.4. The van der Waals surface area contributed by atoms with E-state index in [0.717, 1.165) is 24.8 Å². The van der Waals surface area contributed by atoms with Crippen molar-refractivity contribution in [3.63, 3.8) is 0 Å². The summed E-state index contributed by atoms with van der Waals surface area (Å²) in [6.45, 7) is 0.0625. The quantitative estimate of drug-likeness (QED) is 0.170. The largest absolute Gasteiger partial charge is 0.497 e. The number of methoxy groups -OCH3 is 3. The number of amides is 2. The molecule has 0 bridgehead atoms. The Kier molecular flexibility index (Phi) is 13.7. The fraction of sp³-hybridized carbons (Fsp3) is 0.514. The van der Waals surface area contributed by atoms with E-state index in [2.05, 4.69) is 5.32 Å². The van der Waals surface area contributed by atoms with E-state index < -0.39 is 24.2 Å². The van der Waals surface area contributed by atoms with Gasteiger partial charge in [0.1, 0.15) is 30.0 Å². The van der Waals surface area contributed by atoms with E-state index in [0.29, 0.717) is 62.8 Å². The minimum atomic E-state index is -1.21. The Labute approximate surface area is 289 Å². The first-order valence-electron chi connectivity index (χ1n) is 16.0. The predicted molar refractivity (Wildman–Crippen MR) is 184 cm³/mol. The number of halogens is 1. The van der Waals surface area contributed by atoms with Gasteiger partial charge in [0.2, 0.25) is 11.8 Å². The smallest absolute Gasteiger partial charge is 0.247 e. The molecule has 2 aliphatic carbocycles. The Hall–Kier alpha value is -3.36. The molecular formula is C35H45IN2O9. The van der Waals surface area contributed by atoms with Crippen molar-refractivity contribution in [1.29, 1.82) is 0 Å². The van der Waals surface area contributed by atoms with Gasteiger partial charge >= 0.3 is 0 Å². The summed E-state index contributed by atoms with van der Waals surface area (Å²) in [7, 11) is 4.62. The van der Waals surface area contributed by atoms with Gasteiger partial charge in [-0.05, 0) is 83.3 Å². The van der Waals surface area contributed by atoms with Gasteiger partial charge in [-0.1, -0.05) is 25.7 Å². The van der Waals surface area contributed by atoms with Crippen LogP contribution >= 0.6 is 22.6 Å². The van der Waals surface area contributed by atoms with Crippen LogP contribution in [-0.4, -0.2) is 92.5 Å². The van der Waals surface area contributed by atoms with Gasteiger partial charge in [-0.2, -0.15) is 0 Å². The molecule has 0 spiro atoms. The SMILES string of the molecule is COc1ccc(OC)c(CCN(C(=O)CCC2CCCC2)[C@@H]2CC(C(=O)NCCO)=C[C@H](Oc3c(I)cc(C=O)cc3OC)[C@H]2O)c1. The zero-order valence-electron chi connectivity index (χ0n) is 27.2. The van der Waals surface area contributed by atoms with E-state index in [1.54, 1.807) is 37.3 Å². The summed E-state index contributed by atoms with van der Waals surface area (Å²) >= 11 is 2.03. The maximum absolute atomic E-state index is 14.1. The van der Waals surface area contributed by atoms with E-state index >= 15 is 0 Å². The molecule has 2 aromatic rings. The number of ether oxygens (including phenoxy) is 4. The first-order chi connectivity index (χ1) is 22.7. The molecule has 2 aliphatic rings. The normalized spacial score (nSPS) is 19.4. The summed E-state index contributed by atoms with van der Waals surface area (Å²) in [6, 6.07) is 7.86. The second-order valence-electron chi connectivity index (χ2n) is 11.9. The number of aliphatic hydroxyl groups is 2. The number of carbonyl (C=O) groups is 3.